The van der Waals surface area contributed by atoms with E-state index in [2.05, 4.69) is 33.7 Å². The number of thiophene rings is 1. The first-order valence-electron chi connectivity index (χ1n) is 9.34. The van der Waals surface area contributed by atoms with E-state index in [0.717, 1.165) is 35.8 Å². The van der Waals surface area contributed by atoms with Crippen molar-refractivity contribution in [1.82, 2.24) is 14.3 Å². The van der Waals surface area contributed by atoms with Crippen molar-refractivity contribution < 1.29 is 4.90 Å². The number of piperidine rings is 1. The lowest BCUT2D eigenvalue weighted by atomic mass is 9.78. The molecule has 0 amide bonds. The molecule has 1 saturated carbocycles. The molecule has 2 fully saturated rings. The first kappa shape index (κ1) is 16.5. The third-order valence-corrected chi connectivity index (χ3v) is 7.14. The molecule has 2 aromatic heterocycles. The Bertz CT molecular complexity index is 729. The van der Waals surface area contributed by atoms with Crippen LogP contribution in [0.3, 0.4) is 0 Å². The van der Waals surface area contributed by atoms with Gasteiger partial charge in [-0.15, -0.1) is 16.4 Å². The molecule has 3 atom stereocenters. The summed E-state index contributed by atoms with van der Waals surface area (Å²) in [6.07, 6.45) is 8.45. The molecular formula is C18H27N4S2+. The molecule has 0 aromatic carbocycles. The van der Waals surface area contributed by atoms with E-state index in [0.29, 0.717) is 0 Å². The quantitative estimate of drug-likeness (QED) is 0.844. The zero-order valence-electron chi connectivity index (χ0n) is 14.4. The van der Waals surface area contributed by atoms with E-state index >= 15 is 0 Å². The van der Waals surface area contributed by atoms with Gasteiger partial charge in [0.05, 0.1) is 17.5 Å². The van der Waals surface area contributed by atoms with Gasteiger partial charge in [-0.3, -0.25) is 4.57 Å². The molecule has 3 heterocycles. The molecule has 6 heteroatoms. The topological polar surface area (TPSA) is 27.2 Å². The van der Waals surface area contributed by atoms with Gasteiger partial charge in [-0.05, 0) is 62.7 Å². The van der Waals surface area contributed by atoms with E-state index in [4.69, 9.17) is 17.3 Å². The molecule has 1 N–H and O–H groups in total. The largest absolute Gasteiger partial charge is 0.314 e. The Kier molecular flexibility index (Phi) is 4.88. The van der Waals surface area contributed by atoms with Crippen molar-refractivity contribution >= 4 is 23.6 Å². The molecular weight excluding hydrogens is 336 g/mol. The van der Waals surface area contributed by atoms with Gasteiger partial charge < -0.3 is 4.90 Å². The Balaban J connectivity index is 1.61. The average molecular weight is 364 g/mol. The predicted molar refractivity (Wildman–Crippen MR) is 101 cm³/mol. The minimum absolute atomic E-state index is 0.825. The van der Waals surface area contributed by atoms with Crippen LogP contribution in [0.5, 0.6) is 0 Å². The third kappa shape index (κ3) is 3.00. The van der Waals surface area contributed by atoms with Crippen LogP contribution in [0.15, 0.2) is 17.5 Å². The van der Waals surface area contributed by atoms with E-state index in [-0.39, 0.29) is 0 Å². The maximum absolute atomic E-state index is 5.76. The Morgan fingerprint density at radius 1 is 1.29 bits per heavy atom. The smallest absolute Gasteiger partial charge is 0.203 e. The van der Waals surface area contributed by atoms with Crippen LogP contribution >= 0.6 is 23.6 Å². The molecule has 2 aromatic rings. The number of hydrogen-bond acceptors (Lipinski definition) is 3. The maximum atomic E-state index is 5.76. The van der Waals surface area contributed by atoms with Crippen molar-refractivity contribution in [1.29, 1.82) is 0 Å². The van der Waals surface area contributed by atoms with Gasteiger partial charge in [0, 0.05) is 12.5 Å². The zero-order valence-corrected chi connectivity index (χ0v) is 16.0. The third-order valence-electron chi connectivity index (χ3n) is 5.84. The molecule has 1 saturated heterocycles. The zero-order chi connectivity index (χ0) is 16.5. The van der Waals surface area contributed by atoms with Crippen LogP contribution in [-0.4, -0.2) is 26.9 Å². The number of likely N-dealkylation sites (tertiary alicyclic amines) is 1. The van der Waals surface area contributed by atoms with Gasteiger partial charge in [0.25, 0.3) is 0 Å². The van der Waals surface area contributed by atoms with Gasteiger partial charge >= 0.3 is 0 Å². The summed E-state index contributed by atoms with van der Waals surface area (Å²) in [5.41, 5.74) is 0. The second-order valence-corrected chi connectivity index (χ2v) is 8.50. The molecule has 1 aliphatic heterocycles. The lowest BCUT2D eigenvalue weighted by molar-refractivity contribution is -0.958. The van der Waals surface area contributed by atoms with E-state index < -0.39 is 0 Å². The summed E-state index contributed by atoms with van der Waals surface area (Å²) in [5.74, 6) is 1.97. The highest BCUT2D eigenvalue weighted by molar-refractivity contribution is 7.71. The van der Waals surface area contributed by atoms with Crippen molar-refractivity contribution in [2.45, 2.75) is 64.7 Å². The molecule has 0 radical (unpaired) electrons. The van der Waals surface area contributed by atoms with Crippen molar-refractivity contribution in [3.63, 3.8) is 0 Å². The van der Waals surface area contributed by atoms with E-state index in [1.807, 2.05) is 0 Å². The molecule has 130 valence electrons. The number of nitrogens with zero attached hydrogens (tertiary/aromatic N) is 3. The van der Waals surface area contributed by atoms with Crippen LogP contribution in [0.25, 0.3) is 10.7 Å². The summed E-state index contributed by atoms with van der Waals surface area (Å²) in [6, 6.07) is 5.06. The fourth-order valence-electron chi connectivity index (χ4n) is 4.67. The monoisotopic (exact) mass is 363 g/mol. The van der Waals surface area contributed by atoms with Crippen molar-refractivity contribution in [2.75, 3.05) is 6.54 Å². The molecule has 4 rings (SSSR count). The summed E-state index contributed by atoms with van der Waals surface area (Å²) in [4.78, 5) is 2.92. The number of nitrogens with one attached hydrogen (secondary N) is 1. The number of aromatic nitrogens is 3. The maximum Gasteiger partial charge on any atom is 0.203 e. The Morgan fingerprint density at radius 3 is 2.92 bits per heavy atom. The van der Waals surface area contributed by atoms with Crippen LogP contribution in [0.4, 0.5) is 0 Å². The lowest BCUT2D eigenvalue weighted by Gasteiger charge is -2.40. The first-order valence-corrected chi connectivity index (χ1v) is 10.6. The van der Waals surface area contributed by atoms with Gasteiger partial charge in [-0.25, -0.2) is 0 Å². The second kappa shape index (κ2) is 7.10. The fourth-order valence-corrected chi connectivity index (χ4v) is 5.71. The number of hydrogen-bond donors (Lipinski definition) is 1. The van der Waals surface area contributed by atoms with E-state index in [1.54, 1.807) is 16.2 Å². The van der Waals surface area contributed by atoms with Gasteiger partial charge in [0.15, 0.2) is 12.5 Å². The molecule has 24 heavy (non-hydrogen) atoms. The standard InChI is InChI=1S/C18H26N4S2/c1-2-21-17(16-10-6-12-24-16)19-22(18(21)23)13-20-11-5-8-14-7-3-4-9-15(14)20/h6,10,12,14-15H,2-5,7-9,11,13H2,1H3/p+1/t14-,15-/m0/s1. The van der Waals surface area contributed by atoms with Gasteiger partial charge in [-0.1, -0.05) is 12.5 Å². The van der Waals surface area contributed by atoms with Crippen molar-refractivity contribution in [3.8, 4) is 10.7 Å². The van der Waals surface area contributed by atoms with E-state index in [1.165, 1.54) is 49.9 Å². The van der Waals surface area contributed by atoms with Gasteiger partial charge in [-0.2, -0.15) is 4.68 Å². The molecule has 4 nitrogen and oxygen atoms in total. The van der Waals surface area contributed by atoms with Gasteiger partial charge in [0.2, 0.25) is 4.77 Å². The Hall–Kier alpha value is -0.980. The average Bonchev–Trinajstić information content (AvgIpc) is 3.24. The number of quaternary nitrogens is 1. The highest BCUT2D eigenvalue weighted by Gasteiger charge is 2.36. The summed E-state index contributed by atoms with van der Waals surface area (Å²) >= 11 is 7.50. The summed E-state index contributed by atoms with van der Waals surface area (Å²) in [5, 5.41) is 7.03. The van der Waals surface area contributed by atoms with Gasteiger partial charge in [0.1, 0.15) is 0 Å². The second-order valence-electron chi connectivity index (χ2n) is 7.19. The molecule has 0 bridgehead atoms. The lowest BCUT2D eigenvalue weighted by Crippen LogP contribution is -3.17. The Morgan fingerprint density at radius 2 is 2.12 bits per heavy atom. The summed E-state index contributed by atoms with van der Waals surface area (Å²) < 4.78 is 5.16. The summed E-state index contributed by atoms with van der Waals surface area (Å²) in [6.45, 7) is 5.25. The van der Waals surface area contributed by atoms with Crippen LogP contribution in [0, 0.1) is 10.7 Å². The van der Waals surface area contributed by atoms with Crippen LogP contribution < -0.4 is 4.90 Å². The Labute approximate surface area is 153 Å². The highest BCUT2D eigenvalue weighted by atomic mass is 32.1. The SMILES string of the molecule is CCn1c(-c2cccs2)nn(C[NH+]2CCC[C@@H]3CCCC[C@@H]32)c1=S. The number of fused-ring (bicyclic) bond motifs is 1. The molecule has 1 aliphatic carbocycles. The minimum Gasteiger partial charge on any atom is -0.314 e. The van der Waals surface area contributed by atoms with Crippen molar-refractivity contribution in [2.24, 2.45) is 5.92 Å². The minimum atomic E-state index is 0.825. The molecule has 1 unspecified atom stereocenters. The highest BCUT2D eigenvalue weighted by Crippen LogP contribution is 2.28. The van der Waals surface area contributed by atoms with Crippen molar-refractivity contribution in [3.05, 3.63) is 22.3 Å². The van der Waals surface area contributed by atoms with Crippen LogP contribution in [0.1, 0.15) is 45.4 Å². The predicted octanol–water partition coefficient (Wildman–Crippen LogP) is 3.36. The van der Waals surface area contributed by atoms with Crippen LogP contribution in [-0.2, 0) is 13.2 Å². The summed E-state index contributed by atoms with van der Waals surface area (Å²) in [7, 11) is 0. The fraction of sp³-hybridized carbons (Fsp3) is 0.667. The molecule has 0 spiro atoms. The molecule has 2 aliphatic rings. The number of rotatable bonds is 4. The van der Waals surface area contributed by atoms with Crippen LogP contribution in [0.2, 0.25) is 0 Å². The van der Waals surface area contributed by atoms with E-state index in [9.17, 15) is 0 Å². The first-order chi connectivity index (χ1) is 11.8. The normalized spacial score (nSPS) is 27.1.